The molecule has 2 heterocycles. The van der Waals surface area contributed by atoms with Gasteiger partial charge in [0.15, 0.2) is 0 Å². The molecule has 0 fully saturated rings. The molecule has 0 atom stereocenters. The first kappa shape index (κ1) is 13.4. The van der Waals surface area contributed by atoms with Crippen LogP contribution in [0.5, 0.6) is 0 Å². The van der Waals surface area contributed by atoms with E-state index in [2.05, 4.69) is 57.2 Å². The summed E-state index contributed by atoms with van der Waals surface area (Å²) in [6.45, 7) is 5.20. The summed E-state index contributed by atoms with van der Waals surface area (Å²) in [5.41, 5.74) is 6.40. The van der Waals surface area contributed by atoms with E-state index < -0.39 is 0 Å². The number of anilines is 2. The molecule has 0 aromatic carbocycles. The van der Waals surface area contributed by atoms with Crippen LogP contribution in [-0.4, -0.2) is 11.0 Å². The summed E-state index contributed by atoms with van der Waals surface area (Å²) in [5, 5.41) is 2.10. The summed E-state index contributed by atoms with van der Waals surface area (Å²) in [6.07, 6.45) is 1.70. The van der Waals surface area contributed by atoms with Crippen molar-refractivity contribution in [2.45, 2.75) is 26.4 Å². The lowest BCUT2D eigenvalue weighted by Gasteiger charge is -2.28. The second-order valence-electron chi connectivity index (χ2n) is 4.38. The molecule has 0 bridgehead atoms. The second kappa shape index (κ2) is 5.71. The van der Waals surface area contributed by atoms with Gasteiger partial charge in [-0.05, 0) is 47.3 Å². The number of rotatable bonds is 4. The van der Waals surface area contributed by atoms with Gasteiger partial charge in [0.05, 0.1) is 22.9 Å². The standard InChI is InChI=1S/C13H16BrN3S/c1-9(2)17(8-11-4-3-5-18-11)13-12(14)6-10(15)7-16-13/h3-7,9H,8,15H2,1-2H3. The average Bonchev–Trinajstić information content (AvgIpc) is 2.79. The van der Waals surface area contributed by atoms with Gasteiger partial charge in [-0.25, -0.2) is 4.98 Å². The second-order valence-corrected chi connectivity index (χ2v) is 6.26. The third-order valence-electron chi connectivity index (χ3n) is 2.64. The molecule has 5 heteroatoms. The maximum absolute atomic E-state index is 5.73. The van der Waals surface area contributed by atoms with Gasteiger partial charge in [-0.15, -0.1) is 11.3 Å². The fraction of sp³-hybridized carbons (Fsp3) is 0.308. The Hall–Kier alpha value is -1.07. The Labute approximate surface area is 120 Å². The van der Waals surface area contributed by atoms with E-state index in [1.54, 1.807) is 17.5 Å². The zero-order valence-corrected chi connectivity index (χ0v) is 12.8. The molecule has 96 valence electrons. The third-order valence-corrected chi connectivity index (χ3v) is 4.09. The van der Waals surface area contributed by atoms with Gasteiger partial charge in [-0.1, -0.05) is 6.07 Å². The topological polar surface area (TPSA) is 42.2 Å². The largest absolute Gasteiger partial charge is 0.397 e. The van der Waals surface area contributed by atoms with E-state index >= 15 is 0 Å². The Bertz CT molecular complexity index is 511. The number of nitrogens with zero attached hydrogens (tertiary/aromatic N) is 2. The number of halogens is 1. The average molecular weight is 326 g/mol. The van der Waals surface area contributed by atoms with Crippen molar-refractivity contribution < 1.29 is 0 Å². The molecule has 0 spiro atoms. The van der Waals surface area contributed by atoms with Crippen LogP contribution in [0.4, 0.5) is 11.5 Å². The van der Waals surface area contributed by atoms with Crippen LogP contribution in [0.2, 0.25) is 0 Å². The molecule has 2 N–H and O–H groups in total. The SMILES string of the molecule is CC(C)N(Cc1cccs1)c1ncc(N)cc1Br. The number of pyridine rings is 1. The number of hydrogen-bond donors (Lipinski definition) is 1. The van der Waals surface area contributed by atoms with Gasteiger partial charge in [0, 0.05) is 10.9 Å². The molecule has 0 amide bonds. The Morgan fingerprint density at radius 2 is 2.28 bits per heavy atom. The molecule has 0 saturated heterocycles. The van der Waals surface area contributed by atoms with E-state index in [1.807, 2.05) is 6.07 Å². The lowest BCUT2D eigenvalue weighted by Crippen LogP contribution is -2.30. The van der Waals surface area contributed by atoms with Crippen molar-refractivity contribution in [3.05, 3.63) is 39.1 Å². The number of nitrogens with two attached hydrogens (primary N) is 1. The molecular formula is C13H16BrN3S. The van der Waals surface area contributed by atoms with E-state index in [0.29, 0.717) is 11.7 Å². The molecule has 2 aromatic rings. The smallest absolute Gasteiger partial charge is 0.143 e. The van der Waals surface area contributed by atoms with Gasteiger partial charge >= 0.3 is 0 Å². The van der Waals surface area contributed by atoms with E-state index in [-0.39, 0.29) is 0 Å². The highest BCUT2D eigenvalue weighted by Gasteiger charge is 2.16. The Morgan fingerprint density at radius 3 is 2.83 bits per heavy atom. The molecular weight excluding hydrogens is 310 g/mol. The first-order valence-corrected chi connectivity index (χ1v) is 7.45. The maximum atomic E-state index is 5.73. The third kappa shape index (κ3) is 3.03. The number of aromatic nitrogens is 1. The molecule has 0 radical (unpaired) electrons. The Morgan fingerprint density at radius 1 is 1.50 bits per heavy atom. The molecule has 0 saturated carbocycles. The summed E-state index contributed by atoms with van der Waals surface area (Å²) in [4.78, 5) is 8.03. The molecule has 18 heavy (non-hydrogen) atoms. The van der Waals surface area contributed by atoms with Crippen LogP contribution < -0.4 is 10.6 Å². The number of nitrogen functional groups attached to an aromatic ring is 1. The molecule has 0 unspecified atom stereocenters. The van der Waals surface area contributed by atoms with E-state index in [0.717, 1.165) is 16.8 Å². The zero-order chi connectivity index (χ0) is 13.1. The zero-order valence-electron chi connectivity index (χ0n) is 10.4. The maximum Gasteiger partial charge on any atom is 0.143 e. The summed E-state index contributed by atoms with van der Waals surface area (Å²) in [6, 6.07) is 6.49. The minimum absolute atomic E-state index is 0.375. The molecule has 3 nitrogen and oxygen atoms in total. The molecule has 0 aliphatic rings. The highest BCUT2D eigenvalue weighted by atomic mass is 79.9. The van der Waals surface area contributed by atoms with Crippen LogP contribution in [0, 0.1) is 0 Å². The minimum atomic E-state index is 0.375. The van der Waals surface area contributed by atoms with Gasteiger partial charge in [-0.2, -0.15) is 0 Å². The lowest BCUT2D eigenvalue weighted by atomic mass is 10.3. The highest BCUT2D eigenvalue weighted by molar-refractivity contribution is 9.10. The molecule has 0 aliphatic carbocycles. The summed E-state index contributed by atoms with van der Waals surface area (Å²) in [5.74, 6) is 0.938. The Kier molecular flexibility index (Phi) is 4.24. The van der Waals surface area contributed by atoms with Gasteiger partial charge in [0.2, 0.25) is 0 Å². The van der Waals surface area contributed by atoms with Crippen molar-refractivity contribution in [2.24, 2.45) is 0 Å². The van der Waals surface area contributed by atoms with Crippen LogP contribution in [0.3, 0.4) is 0 Å². The summed E-state index contributed by atoms with van der Waals surface area (Å²) >= 11 is 5.30. The summed E-state index contributed by atoms with van der Waals surface area (Å²) < 4.78 is 0.938. The highest BCUT2D eigenvalue weighted by Crippen LogP contribution is 2.29. The van der Waals surface area contributed by atoms with Crippen LogP contribution in [0.25, 0.3) is 0 Å². The first-order chi connectivity index (χ1) is 8.58. The fourth-order valence-electron chi connectivity index (χ4n) is 1.73. The van der Waals surface area contributed by atoms with Crippen molar-refractivity contribution in [1.29, 1.82) is 0 Å². The molecule has 0 aliphatic heterocycles. The van der Waals surface area contributed by atoms with Crippen LogP contribution in [0.15, 0.2) is 34.2 Å². The van der Waals surface area contributed by atoms with Crippen LogP contribution >= 0.6 is 27.3 Å². The van der Waals surface area contributed by atoms with E-state index in [1.165, 1.54) is 4.88 Å². The molecule has 2 rings (SSSR count). The summed E-state index contributed by atoms with van der Waals surface area (Å²) in [7, 11) is 0. The monoisotopic (exact) mass is 325 g/mol. The van der Waals surface area contributed by atoms with Crippen molar-refractivity contribution in [3.8, 4) is 0 Å². The Balaban J connectivity index is 2.29. The van der Waals surface area contributed by atoms with Gasteiger partial charge < -0.3 is 10.6 Å². The van der Waals surface area contributed by atoms with Crippen molar-refractivity contribution >= 4 is 38.8 Å². The predicted molar refractivity (Wildman–Crippen MR) is 82.0 cm³/mol. The van der Waals surface area contributed by atoms with Gasteiger partial charge in [0.1, 0.15) is 5.82 Å². The van der Waals surface area contributed by atoms with Crippen molar-refractivity contribution in [2.75, 3.05) is 10.6 Å². The lowest BCUT2D eigenvalue weighted by molar-refractivity contribution is 0.675. The van der Waals surface area contributed by atoms with Crippen LogP contribution in [0.1, 0.15) is 18.7 Å². The normalized spacial score (nSPS) is 10.9. The van der Waals surface area contributed by atoms with Crippen molar-refractivity contribution in [3.63, 3.8) is 0 Å². The number of thiophene rings is 1. The molecule has 2 aromatic heterocycles. The minimum Gasteiger partial charge on any atom is -0.397 e. The van der Waals surface area contributed by atoms with E-state index in [9.17, 15) is 0 Å². The van der Waals surface area contributed by atoms with Gasteiger partial charge in [0.25, 0.3) is 0 Å². The first-order valence-electron chi connectivity index (χ1n) is 5.78. The quantitative estimate of drug-likeness (QED) is 0.926. The van der Waals surface area contributed by atoms with Gasteiger partial charge in [-0.3, -0.25) is 0 Å². The number of hydrogen-bond acceptors (Lipinski definition) is 4. The van der Waals surface area contributed by atoms with E-state index in [4.69, 9.17) is 5.73 Å². The van der Waals surface area contributed by atoms with Crippen molar-refractivity contribution in [1.82, 2.24) is 4.98 Å². The van der Waals surface area contributed by atoms with Crippen LogP contribution in [-0.2, 0) is 6.54 Å². The fourth-order valence-corrected chi connectivity index (χ4v) is 3.03. The predicted octanol–water partition coefficient (Wildman–Crippen LogP) is 3.90.